The number of anilines is 1. The van der Waals surface area contributed by atoms with Gasteiger partial charge in [-0.25, -0.2) is 19.9 Å². The Labute approximate surface area is 164 Å². The van der Waals surface area contributed by atoms with Crippen molar-refractivity contribution in [3.05, 3.63) is 31.0 Å². The monoisotopic (exact) mass is 407 g/mol. The van der Waals surface area contributed by atoms with E-state index >= 15 is 0 Å². The third kappa shape index (κ3) is 4.98. The minimum absolute atomic E-state index is 0.219. The quantitative estimate of drug-likeness (QED) is 0.556. The fourth-order valence-electron chi connectivity index (χ4n) is 2.77. The van der Waals surface area contributed by atoms with Crippen LogP contribution in [0.15, 0.2) is 31.0 Å². The van der Waals surface area contributed by atoms with Crippen LogP contribution >= 0.6 is 0 Å². The summed E-state index contributed by atoms with van der Waals surface area (Å²) >= 11 is 0. The van der Waals surface area contributed by atoms with Gasteiger partial charge in [0.1, 0.15) is 30.4 Å². The van der Waals surface area contributed by atoms with Crippen LogP contribution in [0.2, 0.25) is 0 Å². The van der Waals surface area contributed by atoms with Crippen molar-refractivity contribution >= 4 is 22.8 Å². The molecule has 0 aliphatic rings. The van der Waals surface area contributed by atoms with Crippen molar-refractivity contribution in [3.63, 3.8) is 0 Å². The second-order valence-corrected chi connectivity index (χ2v) is 6.59. The fraction of sp³-hybridized carbons (Fsp3) is 0.389. The summed E-state index contributed by atoms with van der Waals surface area (Å²) in [4.78, 5) is 32.1. The molecular formula is C18H20F3N7O. The third-order valence-corrected chi connectivity index (χ3v) is 4.51. The topological polar surface area (TPSA) is 108 Å². The molecule has 8 nitrogen and oxygen atoms in total. The van der Waals surface area contributed by atoms with Gasteiger partial charge in [0.15, 0.2) is 5.82 Å². The lowest BCUT2D eigenvalue weighted by Crippen LogP contribution is -2.46. The molecule has 0 aliphatic heterocycles. The first-order chi connectivity index (χ1) is 13.8. The van der Waals surface area contributed by atoms with Crippen LogP contribution in [0.5, 0.6) is 0 Å². The molecule has 154 valence electrons. The van der Waals surface area contributed by atoms with Gasteiger partial charge in [-0.2, -0.15) is 13.2 Å². The highest BCUT2D eigenvalue weighted by molar-refractivity contribution is 5.91. The van der Waals surface area contributed by atoms with E-state index in [9.17, 15) is 18.0 Å². The maximum absolute atomic E-state index is 12.5. The van der Waals surface area contributed by atoms with Gasteiger partial charge in [-0.05, 0) is 12.0 Å². The van der Waals surface area contributed by atoms with E-state index in [1.54, 1.807) is 25.4 Å². The predicted octanol–water partition coefficient (Wildman–Crippen LogP) is 2.92. The van der Waals surface area contributed by atoms with Crippen LogP contribution in [0.1, 0.15) is 20.3 Å². The van der Waals surface area contributed by atoms with Crippen molar-refractivity contribution < 1.29 is 18.0 Å². The number of nitrogens with one attached hydrogen (secondary N) is 3. The first-order valence-corrected chi connectivity index (χ1v) is 9.00. The summed E-state index contributed by atoms with van der Waals surface area (Å²) in [5.74, 6) is -0.260. The molecule has 3 heterocycles. The second-order valence-electron chi connectivity index (χ2n) is 6.59. The standard InChI is InChI=1S/C18H20F3N7O/c1-3-10(2)14(17(29)25-8-18(19,20)21)27-13-4-5-23-16(28-13)12-7-24-15-11(12)6-22-9-26-15/h4-7,9-10,14H,3,8H2,1-2H3,(H,25,29)(H,22,24,26)(H,23,27,28). The zero-order valence-electron chi connectivity index (χ0n) is 15.8. The van der Waals surface area contributed by atoms with Crippen LogP contribution in [0, 0.1) is 5.92 Å². The first kappa shape index (κ1) is 20.5. The number of carbonyl (C=O) groups excluding carboxylic acids is 1. The van der Waals surface area contributed by atoms with Gasteiger partial charge in [0.05, 0.1) is 0 Å². The predicted molar refractivity (Wildman–Crippen MR) is 101 cm³/mol. The number of aromatic nitrogens is 5. The van der Waals surface area contributed by atoms with E-state index in [1.807, 2.05) is 12.2 Å². The first-order valence-electron chi connectivity index (χ1n) is 9.00. The van der Waals surface area contributed by atoms with Gasteiger partial charge in [0, 0.05) is 29.5 Å². The van der Waals surface area contributed by atoms with Gasteiger partial charge in [0.2, 0.25) is 5.91 Å². The molecule has 3 rings (SSSR count). The number of hydrogen-bond acceptors (Lipinski definition) is 6. The summed E-state index contributed by atoms with van der Waals surface area (Å²) in [6, 6.07) is 0.678. The number of fused-ring (bicyclic) bond motifs is 1. The third-order valence-electron chi connectivity index (χ3n) is 4.51. The Morgan fingerprint density at radius 1 is 1.31 bits per heavy atom. The van der Waals surface area contributed by atoms with E-state index in [0.29, 0.717) is 29.3 Å². The largest absolute Gasteiger partial charge is 0.405 e. The summed E-state index contributed by atoms with van der Waals surface area (Å²) in [7, 11) is 0. The molecule has 1 amide bonds. The van der Waals surface area contributed by atoms with E-state index in [4.69, 9.17) is 0 Å². The molecule has 0 bridgehead atoms. The van der Waals surface area contributed by atoms with Gasteiger partial charge in [-0.1, -0.05) is 20.3 Å². The average molecular weight is 407 g/mol. The Morgan fingerprint density at radius 2 is 2.10 bits per heavy atom. The Balaban J connectivity index is 1.83. The van der Waals surface area contributed by atoms with Gasteiger partial charge in [-0.3, -0.25) is 4.79 Å². The Kier molecular flexibility index (Phi) is 5.95. The molecule has 0 fully saturated rings. The number of H-pyrrole nitrogens is 1. The van der Waals surface area contributed by atoms with E-state index in [-0.39, 0.29) is 5.92 Å². The molecule has 0 saturated carbocycles. The molecule has 11 heteroatoms. The molecule has 2 atom stereocenters. The van der Waals surface area contributed by atoms with Gasteiger partial charge < -0.3 is 15.6 Å². The van der Waals surface area contributed by atoms with Gasteiger partial charge in [0.25, 0.3) is 0 Å². The minimum Gasteiger partial charge on any atom is -0.358 e. The Hall–Kier alpha value is -3.24. The number of nitrogens with zero attached hydrogens (tertiary/aromatic N) is 4. The summed E-state index contributed by atoms with van der Waals surface area (Å²) < 4.78 is 37.4. The molecular weight excluding hydrogens is 387 g/mol. The molecule has 3 N–H and O–H groups in total. The number of amides is 1. The highest BCUT2D eigenvalue weighted by atomic mass is 19.4. The van der Waals surface area contributed by atoms with E-state index in [0.717, 1.165) is 5.39 Å². The summed E-state index contributed by atoms with van der Waals surface area (Å²) in [6.07, 6.45) is 2.36. The molecule has 3 aromatic heterocycles. The number of halogens is 3. The normalized spacial score (nSPS) is 13.8. The van der Waals surface area contributed by atoms with Crippen molar-refractivity contribution in [2.45, 2.75) is 32.5 Å². The zero-order chi connectivity index (χ0) is 21.0. The molecule has 2 unspecified atom stereocenters. The highest BCUT2D eigenvalue weighted by Crippen LogP contribution is 2.25. The van der Waals surface area contributed by atoms with E-state index in [2.05, 4.69) is 30.2 Å². The lowest BCUT2D eigenvalue weighted by molar-refractivity contribution is -0.139. The molecule has 0 spiro atoms. The maximum Gasteiger partial charge on any atom is 0.405 e. The van der Waals surface area contributed by atoms with E-state index in [1.165, 1.54) is 12.5 Å². The smallest absolute Gasteiger partial charge is 0.358 e. The maximum atomic E-state index is 12.5. The Bertz CT molecular complexity index is 989. The van der Waals surface area contributed by atoms with Gasteiger partial charge >= 0.3 is 6.18 Å². The number of aromatic amines is 1. The SMILES string of the molecule is CCC(C)C(Nc1ccnc(-c2c[nH]c3ncncc23)n1)C(=O)NCC(F)(F)F. The van der Waals surface area contributed by atoms with Crippen LogP contribution in [-0.4, -0.2) is 49.6 Å². The summed E-state index contributed by atoms with van der Waals surface area (Å²) in [6.45, 7) is 2.25. The van der Waals surface area contributed by atoms with Crippen LogP contribution in [0.4, 0.5) is 19.0 Å². The fourth-order valence-corrected chi connectivity index (χ4v) is 2.77. The van der Waals surface area contributed by atoms with E-state index < -0.39 is 24.7 Å². The van der Waals surface area contributed by atoms with Gasteiger partial charge in [-0.15, -0.1) is 0 Å². The van der Waals surface area contributed by atoms with Crippen molar-refractivity contribution in [1.82, 2.24) is 30.2 Å². The average Bonchev–Trinajstić information content (AvgIpc) is 3.13. The van der Waals surface area contributed by atoms with Crippen molar-refractivity contribution in [1.29, 1.82) is 0 Å². The number of hydrogen-bond donors (Lipinski definition) is 3. The number of carbonyl (C=O) groups is 1. The molecule has 0 aromatic carbocycles. The molecule has 0 aliphatic carbocycles. The van der Waals surface area contributed by atoms with Crippen molar-refractivity contribution in [3.8, 4) is 11.4 Å². The lowest BCUT2D eigenvalue weighted by atomic mass is 9.98. The molecule has 0 radical (unpaired) electrons. The minimum atomic E-state index is -4.48. The van der Waals surface area contributed by atoms with Crippen LogP contribution in [0.25, 0.3) is 22.4 Å². The molecule has 3 aromatic rings. The van der Waals surface area contributed by atoms with Crippen molar-refractivity contribution in [2.75, 3.05) is 11.9 Å². The molecule has 0 saturated heterocycles. The lowest BCUT2D eigenvalue weighted by Gasteiger charge is -2.24. The molecule has 29 heavy (non-hydrogen) atoms. The number of alkyl halides is 3. The van der Waals surface area contributed by atoms with Crippen LogP contribution in [-0.2, 0) is 4.79 Å². The highest BCUT2D eigenvalue weighted by Gasteiger charge is 2.31. The van der Waals surface area contributed by atoms with Crippen LogP contribution < -0.4 is 10.6 Å². The summed E-state index contributed by atoms with van der Waals surface area (Å²) in [5, 5.41) is 5.61. The number of rotatable bonds is 7. The summed E-state index contributed by atoms with van der Waals surface area (Å²) in [5.41, 5.74) is 1.30. The zero-order valence-corrected chi connectivity index (χ0v) is 15.8. The second kappa shape index (κ2) is 8.41. The van der Waals surface area contributed by atoms with Crippen LogP contribution in [0.3, 0.4) is 0 Å². The van der Waals surface area contributed by atoms with Crippen molar-refractivity contribution in [2.24, 2.45) is 5.92 Å². The Morgan fingerprint density at radius 3 is 2.83 bits per heavy atom.